The van der Waals surface area contributed by atoms with Gasteiger partial charge < -0.3 is 15.0 Å². The molecule has 0 aromatic heterocycles. The topological polar surface area (TPSA) is 58.6 Å². The number of halogens is 3. The van der Waals surface area contributed by atoms with Gasteiger partial charge in [0.1, 0.15) is 23.2 Å². The molecule has 0 aliphatic carbocycles. The summed E-state index contributed by atoms with van der Waals surface area (Å²) in [7, 11) is 0. The monoisotopic (exact) mass is 426 g/mol. The molecular formula is C23H17F3N2O3. The van der Waals surface area contributed by atoms with Gasteiger partial charge in [-0.15, -0.1) is 0 Å². The molecule has 31 heavy (non-hydrogen) atoms. The van der Waals surface area contributed by atoms with Crippen LogP contribution in [0.2, 0.25) is 0 Å². The summed E-state index contributed by atoms with van der Waals surface area (Å²) in [6, 6.07) is 13.6. The Bertz CT molecular complexity index is 1170. The molecule has 0 fully saturated rings. The third-order valence-corrected chi connectivity index (χ3v) is 4.88. The Morgan fingerprint density at radius 2 is 1.81 bits per heavy atom. The second-order valence-electron chi connectivity index (χ2n) is 7.03. The average molecular weight is 426 g/mol. The predicted molar refractivity (Wildman–Crippen MR) is 107 cm³/mol. The molecule has 1 aliphatic rings. The van der Waals surface area contributed by atoms with Crippen molar-refractivity contribution in [1.29, 1.82) is 0 Å². The molecule has 4 rings (SSSR count). The van der Waals surface area contributed by atoms with E-state index < -0.39 is 23.4 Å². The van der Waals surface area contributed by atoms with E-state index in [9.17, 15) is 22.8 Å². The van der Waals surface area contributed by atoms with Gasteiger partial charge in [-0.05, 0) is 36.4 Å². The molecule has 3 aromatic rings. The molecule has 0 unspecified atom stereocenters. The van der Waals surface area contributed by atoms with Crippen LogP contribution in [0.1, 0.15) is 21.5 Å². The van der Waals surface area contributed by atoms with Crippen molar-refractivity contribution in [2.24, 2.45) is 0 Å². The van der Waals surface area contributed by atoms with Crippen molar-refractivity contribution in [2.45, 2.75) is 13.1 Å². The fourth-order valence-electron chi connectivity index (χ4n) is 3.29. The molecule has 1 heterocycles. The first-order valence-electron chi connectivity index (χ1n) is 9.44. The third kappa shape index (κ3) is 4.53. The average Bonchev–Trinajstić information content (AvgIpc) is 2.88. The van der Waals surface area contributed by atoms with Crippen molar-refractivity contribution in [3.8, 4) is 5.75 Å². The van der Waals surface area contributed by atoms with Crippen molar-refractivity contribution in [2.75, 3.05) is 11.9 Å². The molecule has 0 saturated heterocycles. The van der Waals surface area contributed by atoms with Crippen LogP contribution in [0.25, 0.3) is 0 Å². The lowest BCUT2D eigenvalue weighted by atomic mass is 10.1. The van der Waals surface area contributed by atoms with E-state index in [0.29, 0.717) is 28.6 Å². The number of fused-ring (bicyclic) bond motifs is 1. The SMILES string of the molecule is O=C(Nc1ccc2c(c1)CN(Cc1ccccc1F)C(=O)CO2)c1ccc(F)cc1F. The Hall–Kier alpha value is -3.81. The van der Waals surface area contributed by atoms with Gasteiger partial charge in [-0.25, -0.2) is 13.2 Å². The molecular weight excluding hydrogens is 409 g/mol. The fraction of sp³-hybridized carbons (Fsp3) is 0.130. The highest BCUT2D eigenvalue weighted by Gasteiger charge is 2.23. The maximum Gasteiger partial charge on any atom is 0.261 e. The molecule has 0 atom stereocenters. The highest BCUT2D eigenvalue weighted by molar-refractivity contribution is 6.04. The summed E-state index contributed by atoms with van der Waals surface area (Å²) in [6.45, 7) is -0.00322. The normalized spacial score (nSPS) is 13.3. The number of amides is 2. The van der Waals surface area contributed by atoms with Gasteiger partial charge in [0.2, 0.25) is 0 Å². The Kier molecular flexibility index (Phi) is 5.62. The summed E-state index contributed by atoms with van der Waals surface area (Å²) in [4.78, 5) is 26.3. The van der Waals surface area contributed by atoms with E-state index in [1.165, 1.54) is 11.0 Å². The number of rotatable bonds is 4. The lowest BCUT2D eigenvalue weighted by Gasteiger charge is -2.20. The molecule has 0 radical (unpaired) electrons. The van der Waals surface area contributed by atoms with E-state index in [2.05, 4.69) is 5.32 Å². The van der Waals surface area contributed by atoms with E-state index in [1.807, 2.05) is 0 Å². The Morgan fingerprint density at radius 3 is 2.58 bits per heavy atom. The van der Waals surface area contributed by atoms with E-state index in [-0.39, 0.29) is 31.2 Å². The summed E-state index contributed by atoms with van der Waals surface area (Å²) in [5.41, 5.74) is 1.01. The number of anilines is 1. The first-order chi connectivity index (χ1) is 14.9. The maximum atomic E-state index is 14.0. The zero-order valence-corrected chi connectivity index (χ0v) is 16.2. The second kappa shape index (κ2) is 8.51. The van der Waals surface area contributed by atoms with Crippen molar-refractivity contribution >= 4 is 17.5 Å². The van der Waals surface area contributed by atoms with Gasteiger partial charge in [0.05, 0.1) is 5.56 Å². The number of ether oxygens (including phenoxy) is 1. The number of nitrogens with zero attached hydrogens (tertiary/aromatic N) is 1. The zero-order valence-electron chi connectivity index (χ0n) is 16.2. The van der Waals surface area contributed by atoms with Gasteiger partial charge in [-0.3, -0.25) is 9.59 Å². The summed E-state index contributed by atoms with van der Waals surface area (Å²) in [5.74, 6) is -2.77. The van der Waals surface area contributed by atoms with Crippen LogP contribution in [0.5, 0.6) is 5.75 Å². The second-order valence-corrected chi connectivity index (χ2v) is 7.03. The Labute approximate surface area is 176 Å². The summed E-state index contributed by atoms with van der Waals surface area (Å²) < 4.78 is 46.5. The zero-order chi connectivity index (χ0) is 22.0. The van der Waals surface area contributed by atoms with Crippen LogP contribution in [0.15, 0.2) is 60.7 Å². The minimum atomic E-state index is -0.975. The molecule has 1 N–H and O–H groups in total. The summed E-state index contributed by atoms with van der Waals surface area (Å²) in [6.07, 6.45) is 0. The lowest BCUT2D eigenvalue weighted by Crippen LogP contribution is -2.32. The van der Waals surface area contributed by atoms with Gasteiger partial charge in [0, 0.05) is 36.0 Å². The molecule has 3 aromatic carbocycles. The molecule has 0 saturated carbocycles. The predicted octanol–water partition coefficient (Wildman–Crippen LogP) is 4.28. The number of carbonyl (C=O) groups excluding carboxylic acids is 2. The number of carbonyl (C=O) groups is 2. The number of benzene rings is 3. The van der Waals surface area contributed by atoms with Crippen LogP contribution in [0.4, 0.5) is 18.9 Å². The van der Waals surface area contributed by atoms with Crippen LogP contribution < -0.4 is 10.1 Å². The number of hydrogen-bond donors (Lipinski definition) is 1. The molecule has 0 spiro atoms. The van der Waals surface area contributed by atoms with Gasteiger partial charge in [-0.1, -0.05) is 18.2 Å². The molecule has 2 amide bonds. The van der Waals surface area contributed by atoms with E-state index in [1.54, 1.807) is 36.4 Å². The van der Waals surface area contributed by atoms with E-state index in [4.69, 9.17) is 4.74 Å². The van der Waals surface area contributed by atoms with Crippen molar-refractivity contribution in [3.63, 3.8) is 0 Å². The van der Waals surface area contributed by atoms with Crippen LogP contribution in [0.3, 0.4) is 0 Å². The van der Waals surface area contributed by atoms with E-state index >= 15 is 0 Å². The first kappa shape index (κ1) is 20.5. The molecule has 158 valence electrons. The molecule has 8 heteroatoms. The maximum absolute atomic E-state index is 14.0. The quantitative estimate of drug-likeness (QED) is 0.678. The largest absolute Gasteiger partial charge is 0.483 e. The fourth-order valence-corrected chi connectivity index (χ4v) is 3.29. The van der Waals surface area contributed by atoms with Crippen LogP contribution >= 0.6 is 0 Å². The van der Waals surface area contributed by atoms with Crippen LogP contribution in [-0.2, 0) is 17.9 Å². The van der Waals surface area contributed by atoms with Gasteiger partial charge in [0.15, 0.2) is 6.61 Å². The minimum absolute atomic E-state index is 0.0612. The van der Waals surface area contributed by atoms with Gasteiger partial charge in [-0.2, -0.15) is 0 Å². The lowest BCUT2D eigenvalue weighted by molar-refractivity contribution is -0.133. The molecule has 0 bridgehead atoms. The third-order valence-electron chi connectivity index (χ3n) is 4.88. The number of nitrogens with one attached hydrogen (secondary N) is 1. The first-order valence-corrected chi connectivity index (χ1v) is 9.44. The highest BCUT2D eigenvalue weighted by atomic mass is 19.1. The smallest absolute Gasteiger partial charge is 0.261 e. The van der Waals surface area contributed by atoms with Crippen LogP contribution in [-0.4, -0.2) is 23.3 Å². The highest BCUT2D eigenvalue weighted by Crippen LogP contribution is 2.28. The minimum Gasteiger partial charge on any atom is -0.483 e. The van der Waals surface area contributed by atoms with Gasteiger partial charge in [0.25, 0.3) is 11.8 Å². The molecule has 1 aliphatic heterocycles. The summed E-state index contributed by atoms with van der Waals surface area (Å²) in [5, 5.41) is 2.55. The van der Waals surface area contributed by atoms with Crippen molar-refractivity contribution in [1.82, 2.24) is 4.90 Å². The standard InChI is InChI=1S/C23H17F3N2O3/c24-16-5-7-18(20(26)10-16)23(30)27-17-6-8-21-15(9-17)12-28(22(29)13-31-21)11-14-3-1-2-4-19(14)25/h1-10H,11-13H2,(H,27,30). The Morgan fingerprint density at radius 1 is 1.00 bits per heavy atom. The van der Waals surface area contributed by atoms with Crippen LogP contribution in [0, 0.1) is 17.5 Å². The van der Waals surface area contributed by atoms with Crippen molar-refractivity contribution < 1.29 is 27.5 Å². The molecule has 5 nitrogen and oxygen atoms in total. The Balaban J connectivity index is 1.55. The van der Waals surface area contributed by atoms with Crippen molar-refractivity contribution in [3.05, 3.63) is 94.8 Å². The summed E-state index contributed by atoms with van der Waals surface area (Å²) >= 11 is 0. The van der Waals surface area contributed by atoms with E-state index in [0.717, 1.165) is 12.1 Å². The van der Waals surface area contributed by atoms with Gasteiger partial charge >= 0.3 is 0 Å². The number of hydrogen-bond acceptors (Lipinski definition) is 3.